The predicted molar refractivity (Wildman–Crippen MR) is 120 cm³/mol. The summed E-state index contributed by atoms with van der Waals surface area (Å²) in [7, 11) is -4.07. The van der Waals surface area contributed by atoms with E-state index >= 15 is 0 Å². The Labute approximate surface area is 190 Å². The lowest BCUT2D eigenvalue weighted by molar-refractivity contribution is -0.101. The van der Waals surface area contributed by atoms with Crippen LogP contribution in [0.25, 0.3) is 0 Å². The van der Waals surface area contributed by atoms with Gasteiger partial charge in [0.25, 0.3) is 0 Å². The molecule has 8 heteroatoms. The average molecular weight is 466 g/mol. The molecule has 2 bridgehead atoms. The first-order valence-electron chi connectivity index (χ1n) is 12.0. The van der Waals surface area contributed by atoms with Gasteiger partial charge in [0.05, 0.1) is 5.60 Å². The van der Waals surface area contributed by atoms with E-state index in [4.69, 9.17) is 4.18 Å². The van der Waals surface area contributed by atoms with Crippen LogP contribution in [0.15, 0.2) is 6.07 Å². The quantitative estimate of drug-likeness (QED) is 0.571. The van der Waals surface area contributed by atoms with Gasteiger partial charge in [-0.2, -0.15) is 12.7 Å². The van der Waals surface area contributed by atoms with Gasteiger partial charge < -0.3 is 19.5 Å². The Morgan fingerprint density at radius 3 is 2.34 bits per heavy atom. The smallest absolute Gasteiger partial charge is 0.385 e. The second-order valence-electron chi connectivity index (χ2n) is 10.6. The molecule has 0 amide bonds. The van der Waals surface area contributed by atoms with Gasteiger partial charge in [0.15, 0.2) is 11.5 Å². The van der Waals surface area contributed by atoms with Crippen LogP contribution in [0.5, 0.6) is 17.2 Å². The molecular weight excluding hydrogens is 430 g/mol. The molecule has 0 saturated heterocycles. The van der Waals surface area contributed by atoms with E-state index in [2.05, 4.69) is 6.92 Å². The highest BCUT2D eigenvalue weighted by atomic mass is 32.2. The van der Waals surface area contributed by atoms with Crippen molar-refractivity contribution in [2.24, 2.45) is 16.7 Å². The van der Waals surface area contributed by atoms with Gasteiger partial charge >= 0.3 is 10.3 Å². The molecule has 3 N–H and O–H groups in total. The fraction of sp³-hybridized carbons (Fsp3) is 0.750. The normalized spacial score (nSPS) is 37.8. The maximum atomic E-state index is 12.6. The molecule has 7 nitrogen and oxygen atoms in total. The van der Waals surface area contributed by atoms with Gasteiger partial charge in [-0.3, -0.25) is 0 Å². The number of rotatable bonds is 5. The zero-order valence-electron chi connectivity index (χ0n) is 19.2. The van der Waals surface area contributed by atoms with Crippen LogP contribution in [0.1, 0.15) is 82.8 Å². The van der Waals surface area contributed by atoms with E-state index in [1.807, 2.05) is 0 Å². The maximum Gasteiger partial charge on any atom is 0.385 e. The summed E-state index contributed by atoms with van der Waals surface area (Å²) in [5.41, 5.74) is 1.03. The lowest BCUT2D eigenvalue weighted by Crippen LogP contribution is -2.51. The fourth-order valence-electron chi connectivity index (χ4n) is 8.19. The van der Waals surface area contributed by atoms with Crippen molar-refractivity contribution in [3.63, 3.8) is 0 Å². The highest BCUT2D eigenvalue weighted by Crippen LogP contribution is 2.78. The molecule has 1 aromatic rings. The predicted octanol–water partition coefficient (Wildman–Crippen LogP) is 3.81. The zero-order valence-corrected chi connectivity index (χ0v) is 20.0. The molecule has 178 valence electrons. The summed E-state index contributed by atoms with van der Waals surface area (Å²) < 4.78 is 31.6. The van der Waals surface area contributed by atoms with Crippen molar-refractivity contribution in [2.45, 2.75) is 83.7 Å². The Kier molecular flexibility index (Phi) is 4.87. The molecule has 0 radical (unpaired) electrons. The molecule has 4 aliphatic rings. The van der Waals surface area contributed by atoms with Crippen molar-refractivity contribution in [3.05, 3.63) is 17.2 Å². The molecule has 0 aromatic heterocycles. The third kappa shape index (κ3) is 2.63. The van der Waals surface area contributed by atoms with Crippen LogP contribution < -0.4 is 4.18 Å². The first-order chi connectivity index (χ1) is 15.0. The number of phenolic OH excluding ortho intramolecular Hbond substituents is 2. The van der Waals surface area contributed by atoms with Gasteiger partial charge in [-0.1, -0.05) is 20.8 Å². The summed E-state index contributed by atoms with van der Waals surface area (Å²) in [5.74, 6) is -0.497. The first kappa shape index (κ1) is 22.3. The Morgan fingerprint density at radius 1 is 1.06 bits per heavy atom. The molecular formula is C24H35NO6S. The van der Waals surface area contributed by atoms with Crippen LogP contribution in [0.4, 0.5) is 0 Å². The number of aromatic hydroxyl groups is 2. The standard InChI is InChI=1S/C24H35NO6S/c1-4-25(5-2)32(29,30)31-18-14-15-6-7-17-16(19(15)21(27)20(18)26)8-9-22(3)23(17)10-12-24(22,28)13-11-23/h14,16-17,26-28H,4-13H2,1-3H3/t16?,17?,22-,23-,24-/m0/s1. The number of hydrogen-bond acceptors (Lipinski definition) is 6. The van der Waals surface area contributed by atoms with Crippen molar-refractivity contribution in [1.29, 1.82) is 0 Å². The van der Waals surface area contributed by atoms with Crippen LogP contribution in [0.3, 0.4) is 0 Å². The van der Waals surface area contributed by atoms with E-state index in [1.54, 1.807) is 19.9 Å². The molecule has 5 rings (SSSR count). The van der Waals surface area contributed by atoms with Crippen LogP contribution in [-0.2, 0) is 16.7 Å². The molecule has 4 aliphatic carbocycles. The second-order valence-corrected chi connectivity index (χ2v) is 12.1. The van der Waals surface area contributed by atoms with Crippen LogP contribution in [-0.4, -0.2) is 46.7 Å². The second kappa shape index (κ2) is 7.00. The van der Waals surface area contributed by atoms with E-state index < -0.39 is 21.7 Å². The molecule has 3 atom stereocenters. The van der Waals surface area contributed by atoms with E-state index in [0.29, 0.717) is 12.3 Å². The Hall–Kier alpha value is -1.51. The van der Waals surface area contributed by atoms with Crippen LogP contribution >= 0.6 is 0 Å². The minimum atomic E-state index is -4.07. The van der Waals surface area contributed by atoms with Gasteiger partial charge in [-0.25, -0.2) is 0 Å². The summed E-state index contributed by atoms with van der Waals surface area (Å²) >= 11 is 0. The third-order valence-electron chi connectivity index (χ3n) is 9.92. The van der Waals surface area contributed by atoms with Crippen molar-refractivity contribution in [2.75, 3.05) is 13.1 Å². The summed E-state index contributed by atoms with van der Waals surface area (Å²) in [6.45, 7) is 6.22. The van der Waals surface area contributed by atoms with Gasteiger partial charge in [-0.15, -0.1) is 0 Å². The molecule has 0 aliphatic heterocycles. The summed E-state index contributed by atoms with van der Waals surface area (Å²) in [4.78, 5) is 0. The topological polar surface area (TPSA) is 107 Å². The van der Waals surface area contributed by atoms with Gasteiger partial charge in [0, 0.05) is 24.1 Å². The van der Waals surface area contributed by atoms with E-state index in [-0.39, 0.29) is 41.3 Å². The lowest BCUT2D eigenvalue weighted by Gasteiger charge is -2.56. The summed E-state index contributed by atoms with van der Waals surface area (Å²) in [5, 5.41) is 33.1. The van der Waals surface area contributed by atoms with Crippen LogP contribution in [0.2, 0.25) is 0 Å². The monoisotopic (exact) mass is 465 g/mol. The molecule has 0 spiro atoms. The lowest BCUT2D eigenvalue weighted by atomic mass is 9.48. The minimum Gasteiger partial charge on any atom is -0.504 e. The molecule has 3 fully saturated rings. The van der Waals surface area contributed by atoms with Crippen molar-refractivity contribution >= 4 is 10.3 Å². The fourth-order valence-corrected chi connectivity index (χ4v) is 9.29. The summed E-state index contributed by atoms with van der Waals surface area (Å²) in [6, 6.07) is 1.60. The number of aliphatic hydroxyl groups is 1. The number of benzene rings is 1. The Balaban J connectivity index is 1.52. The van der Waals surface area contributed by atoms with Crippen LogP contribution in [0, 0.1) is 16.7 Å². The zero-order chi connectivity index (χ0) is 23.1. The SMILES string of the molecule is CCN(CC)S(=O)(=O)Oc1cc2c(c(O)c1O)C1CC[C@]3(C)[C@]4(O)CC[C@]3(CC4)C1CC2. The van der Waals surface area contributed by atoms with Crippen molar-refractivity contribution < 1.29 is 27.9 Å². The highest BCUT2D eigenvalue weighted by Gasteiger charge is 2.73. The molecule has 1 aromatic carbocycles. The maximum absolute atomic E-state index is 12.6. The van der Waals surface area contributed by atoms with Gasteiger partial charge in [0.1, 0.15) is 0 Å². The number of fused-ring (bicyclic) bond motifs is 3. The van der Waals surface area contributed by atoms with Gasteiger partial charge in [-0.05, 0) is 80.2 Å². The molecule has 0 heterocycles. The largest absolute Gasteiger partial charge is 0.504 e. The van der Waals surface area contributed by atoms with E-state index in [1.165, 1.54) is 4.31 Å². The van der Waals surface area contributed by atoms with Crippen molar-refractivity contribution in [1.82, 2.24) is 4.31 Å². The Morgan fingerprint density at radius 2 is 1.72 bits per heavy atom. The average Bonchev–Trinajstić information content (AvgIpc) is 3.12. The molecule has 32 heavy (non-hydrogen) atoms. The number of hydrogen-bond donors (Lipinski definition) is 3. The van der Waals surface area contributed by atoms with E-state index in [9.17, 15) is 23.7 Å². The number of nitrogens with zero attached hydrogens (tertiary/aromatic N) is 1. The molecule has 3 saturated carbocycles. The number of phenols is 2. The van der Waals surface area contributed by atoms with E-state index in [0.717, 1.165) is 56.1 Å². The summed E-state index contributed by atoms with van der Waals surface area (Å²) in [6.07, 6.45) is 7.14. The highest BCUT2D eigenvalue weighted by molar-refractivity contribution is 7.84. The first-order valence-corrected chi connectivity index (χ1v) is 13.4. The van der Waals surface area contributed by atoms with Crippen molar-refractivity contribution in [3.8, 4) is 17.2 Å². The molecule has 2 unspecified atom stereocenters. The third-order valence-corrected chi connectivity index (χ3v) is 11.5. The Bertz CT molecular complexity index is 1040. The minimum absolute atomic E-state index is 0.0751. The number of aryl methyl sites for hydroxylation is 1. The van der Waals surface area contributed by atoms with Gasteiger partial charge in [0.2, 0.25) is 5.75 Å².